The minimum Gasteiger partial charge on any atom is -0.383 e. The van der Waals surface area contributed by atoms with Gasteiger partial charge in [-0.2, -0.15) is 5.10 Å². The van der Waals surface area contributed by atoms with Gasteiger partial charge >= 0.3 is 0 Å². The Bertz CT molecular complexity index is 677. The molecule has 1 aliphatic rings. The van der Waals surface area contributed by atoms with E-state index in [1.54, 1.807) is 11.0 Å². The molecule has 1 aromatic carbocycles. The van der Waals surface area contributed by atoms with Gasteiger partial charge in [0, 0.05) is 5.02 Å². The van der Waals surface area contributed by atoms with Gasteiger partial charge in [-0.3, -0.25) is 0 Å². The maximum Gasteiger partial charge on any atom is 0.137 e. The van der Waals surface area contributed by atoms with Gasteiger partial charge in [0.2, 0.25) is 0 Å². The Labute approximate surface area is 142 Å². The first-order valence-electron chi connectivity index (χ1n) is 7.42. The standard InChI is InChI=1S/C17H20ClN3O.CH4/c1-16(2)8-7-14(9-13-3-5-15(18)6-4-13)17(16,22)10-21-12-19-11-20-21;/h3-6,9,11-12,22H,7-8,10H2,1-2H3;1H4/b14-9+;. The Balaban J connectivity index is 0.00000192. The monoisotopic (exact) mass is 333 g/mol. The molecule has 1 unspecified atom stereocenters. The molecule has 0 spiro atoms. The van der Waals surface area contributed by atoms with Crippen LogP contribution in [0.4, 0.5) is 0 Å². The molecule has 1 N–H and O–H groups in total. The molecule has 0 amide bonds. The number of rotatable bonds is 3. The average Bonchev–Trinajstić information content (AvgIpc) is 3.04. The Hall–Kier alpha value is -1.65. The van der Waals surface area contributed by atoms with Crippen molar-refractivity contribution in [2.45, 2.75) is 46.3 Å². The summed E-state index contributed by atoms with van der Waals surface area (Å²) in [6.07, 6.45) is 7.03. The zero-order chi connectivity index (χ0) is 15.8. The highest BCUT2D eigenvalue weighted by Gasteiger charge is 2.51. The maximum absolute atomic E-state index is 11.4. The van der Waals surface area contributed by atoms with Crippen LogP contribution in [0.15, 0.2) is 42.5 Å². The second-order valence-electron chi connectivity index (χ2n) is 6.56. The maximum atomic E-state index is 11.4. The first kappa shape index (κ1) is 17.7. The molecule has 0 saturated heterocycles. The van der Waals surface area contributed by atoms with E-state index in [0.29, 0.717) is 11.6 Å². The molecule has 1 aromatic heterocycles. The zero-order valence-corrected chi connectivity index (χ0v) is 13.6. The van der Waals surface area contributed by atoms with E-state index in [2.05, 4.69) is 30.0 Å². The zero-order valence-electron chi connectivity index (χ0n) is 12.8. The Morgan fingerprint density at radius 1 is 1.30 bits per heavy atom. The quantitative estimate of drug-likeness (QED) is 0.915. The average molecular weight is 334 g/mol. The van der Waals surface area contributed by atoms with Gasteiger partial charge in [0.15, 0.2) is 0 Å². The number of benzene rings is 1. The van der Waals surface area contributed by atoms with Crippen LogP contribution in [-0.2, 0) is 6.54 Å². The summed E-state index contributed by atoms with van der Waals surface area (Å²) in [5, 5.41) is 16.2. The van der Waals surface area contributed by atoms with E-state index in [9.17, 15) is 5.11 Å². The number of halogens is 1. The lowest BCUT2D eigenvalue weighted by Gasteiger charge is -2.37. The molecular formula is C18H24ClN3O. The largest absolute Gasteiger partial charge is 0.383 e. The van der Waals surface area contributed by atoms with Crippen molar-refractivity contribution in [3.8, 4) is 0 Å². The summed E-state index contributed by atoms with van der Waals surface area (Å²) >= 11 is 5.94. The summed E-state index contributed by atoms with van der Waals surface area (Å²) in [5.74, 6) is 0. The smallest absolute Gasteiger partial charge is 0.137 e. The van der Waals surface area contributed by atoms with Crippen LogP contribution in [-0.4, -0.2) is 25.5 Å². The summed E-state index contributed by atoms with van der Waals surface area (Å²) in [7, 11) is 0. The second-order valence-corrected chi connectivity index (χ2v) is 6.99. The highest BCUT2D eigenvalue weighted by molar-refractivity contribution is 6.30. The van der Waals surface area contributed by atoms with Crippen LogP contribution in [0.2, 0.25) is 5.02 Å². The number of hydrogen-bond donors (Lipinski definition) is 1. The van der Waals surface area contributed by atoms with E-state index in [0.717, 1.165) is 24.0 Å². The predicted octanol–water partition coefficient (Wildman–Crippen LogP) is 4.20. The summed E-state index contributed by atoms with van der Waals surface area (Å²) in [4.78, 5) is 3.97. The second kappa shape index (κ2) is 6.46. The third-order valence-electron chi connectivity index (χ3n) is 4.74. The van der Waals surface area contributed by atoms with Crippen LogP contribution < -0.4 is 0 Å². The van der Waals surface area contributed by atoms with Crippen LogP contribution in [0.1, 0.15) is 39.7 Å². The molecule has 3 rings (SSSR count). The highest BCUT2D eigenvalue weighted by Crippen LogP contribution is 2.50. The number of aliphatic hydroxyl groups is 1. The third-order valence-corrected chi connectivity index (χ3v) is 4.99. The van der Waals surface area contributed by atoms with Crippen molar-refractivity contribution in [2.75, 3.05) is 0 Å². The van der Waals surface area contributed by atoms with Crippen molar-refractivity contribution < 1.29 is 5.11 Å². The topological polar surface area (TPSA) is 50.9 Å². The van der Waals surface area contributed by atoms with Crippen LogP contribution >= 0.6 is 11.6 Å². The molecule has 1 atom stereocenters. The first-order valence-corrected chi connectivity index (χ1v) is 7.80. The Kier molecular flexibility index (Phi) is 4.97. The molecule has 124 valence electrons. The summed E-state index contributed by atoms with van der Waals surface area (Å²) in [6.45, 7) is 4.62. The van der Waals surface area contributed by atoms with E-state index in [-0.39, 0.29) is 12.8 Å². The van der Waals surface area contributed by atoms with E-state index < -0.39 is 5.60 Å². The Morgan fingerprint density at radius 3 is 2.61 bits per heavy atom. The van der Waals surface area contributed by atoms with Crippen LogP contribution in [0.5, 0.6) is 0 Å². The normalized spacial score (nSPS) is 24.6. The van der Waals surface area contributed by atoms with Crippen molar-refractivity contribution >= 4 is 17.7 Å². The van der Waals surface area contributed by atoms with Crippen LogP contribution in [0.3, 0.4) is 0 Å². The van der Waals surface area contributed by atoms with Crippen LogP contribution in [0, 0.1) is 5.41 Å². The van der Waals surface area contributed by atoms with Gasteiger partial charge in [-0.05, 0) is 41.5 Å². The molecule has 5 heteroatoms. The van der Waals surface area contributed by atoms with Gasteiger partial charge in [-0.25, -0.2) is 9.67 Å². The molecule has 23 heavy (non-hydrogen) atoms. The summed E-state index contributed by atoms with van der Waals surface area (Å²) in [5.41, 5.74) is 0.946. The number of hydrogen-bond acceptors (Lipinski definition) is 3. The third kappa shape index (κ3) is 3.33. The molecule has 1 heterocycles. The highest BCUT2D eigenvalue weighted by atomic mass is 35.5. The van der Waals surface area contributed by atoms with E-state index >= 15 is 0 Å². The molecule has 2 aromatic rings. The number of nitrogens with zero attached hydrogens (tertiary/aromatic N) is 3. The van der Waals surface area contributed by atoms with Gasteiger partial charge in [0.25, 0.3) is 0 Å². The van der Waals surface area contributed by atoms with Crippen molar-refractivity contribution in [3.63, 3.8) is 0 Å². The minimum absolute atomic E-state index is 0. The molecule has 4 nitrogen and oxygen atoms in total. The van der Waals surface area contributed by atoms with Crippen molar-refractivity contribution in [2.24, 2.45) is 5.41 Å². The fourth-order valence-corrected chi connectivity index (χ4v) is 3.24. The fourth-order valence-electron chi connectivity index (χ4n) is 3.11. The molecule has 1 fully saturated rings. The van der Waals surface area contributed by atoms with Gasteiger partial charge in [0.05, 0.1) is 6.54 Å². The molecule has 1 saturated carbocycles. The van der Waals surface area contributed by atoms with Gasteiger partial charge in [-0.1, -0.05) is 51.1 Å². The van der Waals surface area contributed by atoms with Gasteiger partial charge in [0.1, 0.15) is 18.3 Å². The number of aromatic nitrogens is 3. The molecule has 0 aliphatic heterocycles. The fraction of sp³-hybridized carbons (Fsp3) is 0.444. The lowest BCUT2D eigenvalue weighted by atomic mass is 9.76. The Morgan fingerprint density at radius 2 is 2.00 bits per heavy atom. The van der Waals surface area contributed by atoms with E-state index in [1.165, 1.54) is 6.33 Å². The molecule has 0 radical (unpaired) electrons. The minimum atomic E-state index is -0.930. The first-order chi connectivity index (χ1) is 10.4. The predicted molar refractivity (Wildman–Crippen MR) is 94.1 cm³/mol. The van der Waals surface area contributed by atoms with Gasteiger partial charge in [-0.15, -0.1) is 0 Å². The van der Waals surface area contributed by atoms with E-state index in [1.807, 2.05) is 24.3 Å². The molecule has 1 aliphatic carbocycles. The van der Waals surface area contributed by atoms with Gasteiger partial charge < -0.3 is 5.11 Å². The SMILES string of the molecule is C.CC1(C)CC/C(=C\c2ccc(Cl)cc2)C1(O)Cn1cncn1. The molecule has 0 bridgehead atoms. The van der Waals surface area contributed by atoms with Crippen molar-refractivity contribution in [1.29, 1.82) is 0 Å². The lowest BCUT2D eigenvalue weighted by Crippen LogP contribution is -2.45. The summed E-state index contributed by atoms with van der Waals surface area (Å²) < 4.78 is 1.70. The molecular weight excluding hydrogens is 310 g/mol. The van der Waals surface area contributed by atoms with E-state index in [4.69, 9.17) is 11.6 Å². The summed E-state index contributed by atoms with van der Waals surface area (Å²) in [6, 6.07) is 7.67. The van der Waals surface area contributed by atoms with Crippen molar-refractivity contribution in [1.82, 2.24) is 14.8 Å². The van der Waals surface area contributed by atoms with Crippen molar-refractivity contribution in [3.05, 3.63) is 53.1 Å². The lowest BCUT2D eigenvalue weighted by molar-refractivity contribution is -0.0298. The van der Waals surface area contributed by atoms with Crippen LogP contribution in [0.25, 0.3) is 6.08 Å².